The van der Waals surface area contributed by atoms with E-state index in [0.717, 1.165) is 9.86 Å². The molecule has 0 unspecified atom stereocenters. The standard InChI is InChI=1S/C10H5BrClNO2/c11-5-1-2-6-7(12)4-9(10(14)15)13-8(6)3-5/h1-4H,(H,14,15). The summed E-state index contributed by atoms with van der Waals surface area (Å²) in [7, 11) is 0. The zero-order valence-electron chi connectivity index (χ0n) is 7.37. The van der Waals surface area contributed by atoms with Crippen LogP contribution in [0.4, 0.5) is 0 Å². The molecule has 2 aromatic rings. The quantitative estimate of drug-likeness (QED) is 0.874. The molecule has 0 aliphatic carbocycles. The first-order valence-corrected chi connectivity index (χ1v) is 5.24. The van der Waals surface area contributed by atoms with E-state index < -0.39 is 5.97 Å². The Balaban J connectivity index is 2.79. The Labute approximate surface area is 98.8 Å². The molecule has 15 heavy (non-hydrogen) atoms. The number of pyridine rings is 1. The average molecular weight is 287 g/mol. The first-order valence-electron chi connectivity index (χ1n) is 4.07. The minimum Gasteiger partial charge on any atom is -0.477 e. The lowest BCUT2D eigenvalue weighted by Gasteiger charge is -2.02. The highest BCUT2D eigenvalue weighted by molar-refractivity contribution is 9.10. The average Bonchev–Trinajstić information content (AvgIpc) is 2.16. The maximum absolute atomic E-state index is 10.7. The molecule has 76 valence electrons. The molecule has 1 heterocycles. The highest BCUT2D eigenvalue weighted by Crippen LogP contribution is 2.25. The maximum Gasteiger partial charge on any atom is 0.354 e. The number of halogens is 2. The van der Waals surface area contributed by atoms with Gasteiger partial charge >= 0.3 is 5.97 Å². The second kappa shape index (κ2) is 3.79. The third kappa shape index (κ3) is 1.96. The number of aromatic carboxylic acids is 1. The predicted molar refractivity (Wildman–Crippen MR) is 61.4 cm³/mol. The number of carboxylic acids is 1. The van der Waals surface area contributed by atoms with Gasteiger partial charge in [-0.2, -0.15) is 0 Å². The van der Waals surface area contributed by atoms with Crippen LogP contribution in [0.25, 0.3) is 10.9 Å². The largest absolute Gasteiger partial charge is 0.477 e. The minimum atomic E-state index is -1.08. The number of benzene rings is 1. The highest BCUT2D eigenvalue weighted by Gasteiger charge is 2.09. The summed E-state index contributed by atoms with van der Waals surface area (Å²) in [5, 5.41) is 9.94. The smallest absolute Gasteiger partial charge is 0.354 e. The summed E-state index contributed by atoms with van der Waals surface area (Å²) < 4.78 is 0.834. The van der Waals surface area contributed by atoms with Crippen molar-refractivity contribution >= 4 is 44.4 Å². The fourth-order valence-electron chi connectivity index (χ4n) is 1.27. The molecular weight excluding hydrogens is 281 g/mol. The highest BCUT2D eigenvalue weighted by atomic mass is 79.9. The van der Waals surface area contributed by atoms with Gasteiger partial charge in [-0.25, -0.2) is 9.78 Å². The molecule has 0 saturated heterocycles. The van der Waals surface area contributed by atoms with Gasteiger partial charge in [-0.05, 0) is 18.2 Å². The van der Waals surface area contributed by atoms with E-state index in [1.807, 2.05) is 6.07 Å². The molecule has 3 nitrogen and oxygen atoms in total. The zero-order valence-corrected chi connectivity index (χ0v) is 9.71. The molecular formula is C10H5BrClNO2. The lowest BCUT2D eigenvalue weighted by molar-refractivity contribution is 0.0691. The normalized spacial score (nSPS) is 10.5. The number of rotatable bonds is 1. The molecule has 0 atom stereocenters. The monoisotopic (exact) mass is 285 g/mol. The fourth-order valence-corrected chi connectivity index (χ4v) is 1.88. The predicted octanol–water partition coefficient (Wildman–Crippen LogP) is 3.35. The summed E-state index contributed by atoms with van der Waals surface area (Å²) in [5.41, 5.74) is 0.514. The Kier molecular flexibility index (Phi) is 2.63. The molecule has 1 aromatic carbocycles. The van der Waals surface area contributed by atoms with Gasteiger partial charge in [-0.1, -0.05) is 33.6 Å². The van der Waals surface area contributed by atoms with E-state index in [-0.39, 0.29) is 5.69 Å². The lowest BCUT2D eigenvalue weighted by Crippen LogP contribution is -2.00. The van der Waals surface area contributed by atoms with Gasteiger partial charge < -0.3 is 5.11 Å². The van der Waals surface area contributed by atoms with Crippen LogP contribution >= 0.6 is 27.5 Å². The molecule has 2 rings (SSSR count). The number of hydrogen-bond acceptors (Lipinski definition) is 2. The van der Waals surface area contributed by atoms with Gasteiger partial charge in [0.2, 0.25) is 0 Å². The van der Waals surface area contributed by atoms with Crippen molar-refractivity contribution in [1.82, 2.24) is 4.98 Å². The molecule has 5 heteroatoms. The van der Waals surface area contributed by atoms with Gasteiger partial charge in [-0.15, -0.1) is 0 Å². The molecule has 0 amide bonds. The number of carboxylic acid groups (broad SMARTS) is 1. The molecule has 0 aliphatic heterocycles. The Bertz CT molecular complexity index is 556. The molecule has 0 fully saturated rings. The number of fused-ring (bicyclic) bond motifs is 1. The molecule has 0 spiro atoms. The van der Waals surface area contributed by atoms with E-state index in [1.54, 1.807) is 12.1 Å². The SMILES string of the molecule is O=C(O)c1cc(Cl)c2ccc(Br)cc2n1. The number of hydrogen-bond donors (Lipinski definition) is 1. The number of aromatic nitrogens is 1. The molecule has 0 aliphatic rings. The van der Waals surface area contributed by atoms with Gasteiger partial charge in [0, 0.05) is 9.86 Å². The van der Waals surface area contributed by atoms with Crippen molar-refractivity contribution in [3.05, 3.63) is 39.5 Å². The van der Waals surface area contributed by atoms with Crippen LogP contribution < -0.4 is 0 Å². The van der Waals surface area contributed by atoms with E-state index >= 15 is 0 Å². The van der Waals surface area contributed by atoms with Crippen LogP contribution in [0.3, 0.4) is 0 Å². The van der Waals surface area contributed by atoms with Crippen LogP contribution in [-0.2, 0) is 0 Å². The third-order valence-corrected chi connectivity index (χ3v) is 2.75. The van der Waals surface area contributed by atoms with Crippen LogP contribution in [0.15, 0.2) is 28.7 Å². The van der Waals surface area contributed by atoms with Crippen molar-refractivity contribution in [3.8, 4) is 0 Å². The second-order valence-corrected chi connectivity index (χ2v) is 4.28. The molecule has 0 saturated carbocycles. The minimum absolute atomic E-state index is 0.0504. The van der Waals surface area contributed by atoms with Crippen molar-refractivity contribution in [3.63, 3.8) is 0 Å². The van der Waals surface area contributed by atoms with E-state index in [1.165, 1.54) is 6.07 Å². The summed E-state index contributed by atoms with van der Waals surface area (Å²) in [5.74, 6) is -1.08. The van der Waals surface area contributed by atoms with Gasteiger partial charge in [0.05, 0.1) is 10.5 Å². The lowest BCUT2D eigenvalue weighted by atomic mass is 10.2. The summed E-state index contributed by atoms with van der Waals surface area (Å²) in [4.78, 5) is 14.7. The van der Waals surface area contributed by atoms with Crippen molar-refractivity contribution in [2.75, 3.05) is 0 Å². The van der Waals surface area contributed by atoms with Crippen molar-refractivity contribution in [2.24, 2.45) is 0 Å². The Morgan fingerprint density at radius 3 is 2.80 bits per heavy atom. The van der Waals surface area contributed by atoms with Crippen LogP contribution in [0, 0.1) is 0 Å². The Morgan fingerprint density at radius 2 is 2.13 bits per heavy atom. The first-order chi connectivity index (χ1) is 7.08. The summed E-state index contributed by atoms with van der Waals surface area (Å²) >= 11 is 9.23. The van der Waals surface area contributed by atoms with E-state index in [9.17, 15) is 4.79 Å². The van der Waals surface area contributed by atoms with Gasteiger partial charge in [0.15, 0.2) is 0 Å². The third-order valence-electron chi connectivity index (χ3n) is 1.94. The van der Waals surface area contributed by atoms with E-state index in [0.29, 0.717) is 10.5 Å². The Morgan fingerprint density at radius 1 is 1.40 bits per heavy atom. The number of nitrogens with zero attached hydrogens (tertiary/aromatic N) is 1. The van der Waals surface area contributed by atoms with Crippen molar-refractivity contribution in [1.29, 1.82) is 0 Å². The molecule has 0 bridgehead atoms. The topological polar surface area (TPSA) is 50.2 Å². The van der Waals surface area contributed by atoms with Crippen molar-refractivity contribution in [2.45, 2.75) is 0 Å². The second-order valence-electron chi connectivity index (χ2n) is 2.96. The van der Waals surface area contributed by atoms with Crippen molar-refractivity contribution < 1.29 is 9.90 Å². The van der Waals surface area contributed by atoms with Gasteiger partial charge in [0.1, 0.15) is 5.69 Å². The molecule has 0 radical (unpaired) electrons. The summed E-state index contributed by atoms with van der Waals surface area (Å²) in [6.07, 6.45) is 0. The molecule has 1 N–H and O–H groups in total. The van der Waals surface area contributed by atoms with Gasteiger partial charge in [0.25, 0.3) is 0 Å². The van der Waals surface area contributed by atoms with Crippen LogP contribution in [0.5, 0.6) is 0 Å². The van der Waals surface area contributed by atoms with Gasteiger partial charge in [-0.3, -0.25) is 0 Å². The van der Waals surface area contributed by atoms with E-state index in [4.69, 9.17) is 16.7 Å². The van der Waals surface area contributed by atoms with Crippen LogP contribution in [0.2, 0.25) is 5.02 Å². The maximum atomic E-state index is 10.7. The molecule has 1 aromatic heterocycles. The first kappa shape index (κ1) is 10.4. The summed E-state index contributed by atoms with van der Waals surface area (Å²) in [6, 6.07) is 6.70. The van der Waals surface area contributed by atoms with E-state index in [2.05, 4.69) is 20.9 Å². The summed E-state index contributed by atoms with van der Waals surface area (Å²) in [6.45, 7) is 0. The fraction of sp³-hybridized carbons (Fsp3) is 0. The number of carbonyl (C=O) groups is 1. The zero-order chi connectivity index (χ0) is 11.0. The van der Waals surface area contributed by atoms with Crippen LogP contribution in [-0.4, -0.2) is 16.1 Å². The van der Waals surface area contributed by atoms with Crippen LogP contribution in [0.1, 0.15) is 10.5 Å². The Hall–Kier alpha value is -1.13.